The second-order valence-electron chi connectivity index (χ2n) is 7.47. The van der Waals surface area contributed by atoms with Crippen LogP contribution in [0.2, 0.25) is 0 Å². The van der Waals surface area contributed by atoms with Gasteiger partial charge in [0.1, 0.15) is 5.75 Å². The Hall–Kier alpha value is -1.28. The summed E-state index contributed by atoms with van der Waals surface area (Å²) in [5.41, 5.74) is 1.46. The van der Waals surface area contributed by atoms with Crippen molar-refractivity contribution in [3.05, 3.63) is 36.4 Å². The summed E-state index contributed by atoms with van der Waals surface area (Å²) >= 11 is 0. The van der Waals surface area contributed by atoms with Crippen LogP contribution >= 0.6 is 0 Å². The fourth-order valence-electron chi connectivity index (χ4n) is 2.79. The van der Waals surface area contributed by atoms with Gasteiger partial charge < -0.3 is 4.74 Å². The van der Waals surface area contributed by atoms with Crippen molar-refractivity contribution in [1.29, 1.82) is 0 Å². The molecule has 0 amide bonds. The topological polar surface area (TPSA) is 12.5 Å². The Labute approximate surface area is 130 Å². The molecule has 2 heteroatoms. The van der Waals surface area contributed by atoms with Crippen molar-refractivity contribution >= 4 is 6.08 Å². The first-order chi connectivity index (χ1) is 9.64. The maximum Gasteiger partial charge on any atom is 0.119 e. The lowest BCUT2D eigenvalue weighted by Gasteiger charge is -2.45. The average molecular weight is 289 g/mol. The fourth-order valence-corrected chi connectivity index (χ4v) is 2.79. The van der Waals surface area contributed by atoms with Gasteiger partial charge in [-0.1, -0.05) is 24.8 Å². The van der Waals surface area contributed by atoms with Gasteiger partial charge in [0.25, 0.3) is 0 Å². The monoisotopic (exact) mass is 289 g/mol. The van der Waals surface area contributed by atoms with Gasteiger partial charge in [-0.05, 0) is 65.7 Å². The summed E-state index contributed by atoms with van der Waals surface area (Å²) in [6, 6.07) is 8.06. The molecule has 1 aromatic rings. The summed E-state index contributed by atoms with van der Waals surface area (Å²) in [4.78, 5) is 2.53. The van der Waals surface area contributed by atoms with E-state index in [1.54, 1.807) is 0 Å². The molecule has 0 aliphatic rings. The van der Waals surface area contributed by atoms with Gasteiger partial charge in [-0.25, -0.2) is 0 Å². The van der Waals surface area contributed by atoms with E-state index in [9.17, 15) is 0 Å². The minimum absolute atomic E-state index is 0.170. The molecule has 0 fully saturated rings. The molecular weight excluding hydrogens is 258 g/mol. The standard InChI is InChI=1S/C19H31NO/c1-8-16-10-12-17(13-11-16)21-15-9-14-20(18(2,3)4)19(5,6)7/h8,10-13H,1,9,14-15H2,2-7H3. The van der Waals surface area contributed by atoms with Crippen LogP contribution in [0.5, 0.6) is 5.75 Å². The molecule has 0 aromatic heterocycles. The van der Waals surface area contributed by atoms with Gasteiger partial charge in [0.15, 0.2) is 0 Å². The Morgan fingerprint density at radius 3 is 1.95 bits per heavy atom. The lowest BCUT2D eigenvalue weighted by Crippen LogP contribution is -2.53. The highest BCUT2D eigenvalue weighted by molar-refractivity contribution is 5.48. The third-order valence-electron chi connectivity index (χ3n) is 3.53. The molecule has 0 N–H and O–H groups in total. The van der Waals surface area contributed by atoms with Crippen LogP contribution in [0.1, 0.15) is 53.5 Å². The van der Waals surface area contributed by atoms with Crippen molar-refractivity contribution < 1.29 is 4.74 Å². The van der Waals surface area contributed by atoms with E-state index >= 15 is 0 Å². The van der Waals surface area contributed by atoms with E-state index in [0.717, 1.165) is 30.9 Å². The molecule has 1 rings (SSSR count). The summed E-state index contributed by atoms with van der Waals surface area (Å²) in [5, 5.41) is 0. The fraction of sp³-hybridized carbons (Fsp3) is 0.579. The van der Waals surface area contributed by atoms with Crippen LogP contribution in [0.25, 0.3) is 6.08 Å². The highest BCUT2D eigenvalue weighted by Gasteiger charge is 2.30. The van der Waals surface area contributed by atoms with Gasteiger partial charge in [-0.15, -0.1) is 0 Å². The molecule has 0 unspecified atom stereocenters. The number of nitrogens with zero attached hydrogens (tertiary/aromatic N) is 1. The van der Waals surface area contributed by atoms with Crippen LogP contribution in [0.3, 0.4) is 0 Å². The zero-order valence-electron chi connectivity index (χ0n) is 14.6. The first kappa shape index (κ1) is 17.8. The molecule has 0 bridgehead atoms. The summed E-state index contributed by atoms with van der Waals surface area (Å²) in [6.07, 6.45) is 2.87. The van der Waals surface area contributed by atoms with E-state index in [2.05, 4.69) is 53.0 Å². The van der Waals surface area contributed by atoms with Gasteiger partial charge >= 0.3 is 0 Å². The van der Waals surface area contributed by atoms with E-state index in [4.69, 9.17) is 4.74 Å². The van der Waals surface area contributed by atoms with Crippen LogP contribution in [0.4, 0.5) is 0 Å². The smallest absolute Gasteiger partial charge is 0.119 e. The van der Waals surface area contributed by atoms with Crippen molar-refractivity contribution in [2.75, 3.05) is 13.2 Å². The number of rotatable bonds is 6. The van der Waals surface area contributed by atoms with Gasteiger partial charge in [-0.2, -0.15) is 0 Å². The zero-order chi connectivity index (χ0) is 16.1. The Kier molecular flexibility index (Phi) is 6.03. The molecule has 0 aliphatic heterocycles. The molecule has 0 heterocycles. The summed E-state index contributed by atoms with van der Waals surface area (Å²) in [7, 11) is 0. The quantitative estimate of drug-likeness (QED) is 0.683. The number of hydrogen-bond acceptors (Lipinski definition) is 2. The normalized spacial score (nSPS) is 12.5. The zero-order valence-corrected chi connectivity index (χ0v) is 14.6. The predicted octanol–water partition coefficient (Wildman–Crippen LogP) is 5.00. The van der Waals surface area contributed by atoms with Crippen molar-refractivity contribution in [3.8, 4) is 5.75 Å². The lowest BCUT2D eigenvalue weighted by atomic mass is 9.96. The predicted molar refractivity (Wildman–Crippen MR) is 92.9 cm³/mol. The Morgan fingerprint density at radius 1 is 1.00 bits per heavy atom. The highest BCUT2D eigenvalue weighted by Crippen LogP contribution is 2.24. The maximum atomic E-state index is 5.82. The van der Waals surface area contributed by atoms with E-state index in [0.29, 0.717) is 0 Å². The second-order valence-corrected chi connectivity index (χ2v) is 7.47. The van der Waals surface area contributed by atoms with Crippen LogP contribution in [-0.4, -0.2) is 29.1 Å². The minimum atomic E-state index is 0.170. The van der Waals surface area contributed by atoms with Gasteiger partial charge in [0, 0.05) is 17.6 Å². The van der Waals surface area contributed by atoms with E-state index in [-0.39, 0.29) is 11.1 Å². The van der Waals surface area contributed by atoms with Crippen molar-refractivity contribution in [2.45, 2.75) is 59.0 Å². The van der Waals surface area contributed by atoms with Crippen LogP contribution in [0.15, 0.2) is 30.8 Å². The first-order valence-corrected chi connectivity index (χ1v) is 7.77. The maximum absolute atomic E-state index is 5.82. The van der Waals surface area contributed by atoms with Gasteiger partial charge in [-0.3, -0.25) is 4.90 Å². The molecule has 0 spiro atoms. The SMILES string of the molecule is C=Cc1ccc(OCCCN(C(C)(C)C)C(C)(C)C)cc1. The molecule has 21 heavy (non-hydrogen) atoms. The van der Waals surface area contributed by atoms with E-state index < -0.39 is 0 Å². The van der Waals surface area contributed by atoms with Gasteiger partial charge in [0.05, 0.1) is 6.61 Å². The number of benzene rings is 1. The molecule has 0 radical (unpaired) electrons. The average Bonchev–Trinajstić information content (AvgIpc) is 2.36. The van der Waals surface area contributed by atoms with Crippen LogP contribution in [-0.2, 0) is 0 Å². The molecule has 1 aromatic carbocycles. The highest BCUT2D eigenvalue weighted by atomic mass is 16.5. The van der Waals surface area contributed by atoms with Crippen LogP contribution < -0.4 is 4.74 Å². The third-order valence-corrected chi connectivity index (χ3v) is 3.53. The van der Waals surface area contributed by atoms with Crippen molar-refractivity contribution in [1.82, 2.24) is 4.90 Å². The molecule has 2 nitrogen and oxygen atoms in total. The summed E-state index contributed by atoms with van der Waals surface area (Å²) < 4.78 is 5.82. The van der Waals surface area contributed by atoms with Crippen LogP contribution in [0, 0.1) is 0 Å². The van der Waals surface area contributed by atoms with E-state index in [1.807, 2.05) is 30.3 Å². The number of ether oxygens (including phenoxy) is 1. The molecule has 0 saturated carbocycles. The Balaban J connectivity index is 2.46. The molecule has 0 aliphatic carbocycles. The Bertz CT molecular complexity index is 420. The molecule has 118 valence electrons. The van der Waals surface area contributed by atoms with E-state index in [1.165, 1.54) is 0 Å². The summed E-state index contributed by atoms with van der Waals surface area (Å²) in [6.45, 7) is 19.2. The Morgan fingerprint density at radius 2 is 1.52 bits per heavy atom. The third kappa shape index (κ3) is 5.92. The minimum Gasteiger partial charge on any atom is -0.494 e. The van der Waals surface area contributed by atoms with Gasteiger partial charge in [0.2, 0.25) is 0 Å². The number of hydrogen-bond donors (Lipinski definition) is 0. The summed E-state index contributed by atoms with van der Waals surface area (Å²) in [5.74, 6) is 0.929. The lowest BCUT2D eigenvalue weighted by molar-refractivity contribution is 0.0337. The van der Waals surface area contributed by atoms with Crippen molar-refractivity contribution in [3.63, 3.8) is 0 Å². The second kappa shape index (κ2) is 7.13. The molecule has 0 saturated heterocycles. The molecular formula is C19H31NO. The first-order valence-electron chi connectivity index (χ1n) is 7.77. The van der Waals surface area contributed by atoms with Crippen molar-refractivity contribution in [2.24, 2.45) is 0 Å². The molecule has 0 atom stereocenters. The largest absolute Gasteiger partial charge is 0.494 e.